The van der Waals surface area contributed by atoms with Crippen molar-refractivity contribution in [1.82, 2.24) is 5.32 Å². The molecular formula is C15H23NO. The molecule has 0 amide bonds. The smallest absolute Gasteiger partial charge is 0.0662 e. The molecule has 1 N–H and O–H groups in total. The van der Waals surface area contributed by atoms with Crippen LogP contribution >= 0.6 is 0 Å². The van der Waals surface area contributed by atoms with Crippen molar-refractivity contribution in [2.75, 3.05) is 13.7 Å². The van der Waals surface area contributed by atoms with Gasteiger partial charge in [0, 0.05) is 19.6 Å². The van der Waals surface area contributed by atoms with Gasteiger partial charge in [-0.1, -0.05) is 24.3 Å². The van der Waals surface area contributed by atoms with Crippen LogP contribution in [-0.4, -0.2) is 19.3 Å². The summed E-state index contributed by atoms with van der Waals surface area (Å²) in [7, 11) is 1.78. The Labute approximate surface area is 104 Å². The van der Waals surface area contributed by atoms with Gasteiger partial charge in [0.1, 0.15) is 0 Å². The van der Waals surface area contributed by atoms with E-state index in [1.807, 2.05) is 0 Å². The lowest BCUT2D eigenvalue weighted by Crippen LogP contribution is -2.25. The molecule has 0 saturated carbocycles. The molecule has 0 aromatic heterocycles. The minimum atomic E-state index is -0.0816. The maximum absolute atomic E-state index is 5.49. The monoisotopic (exact) mass is 233 g/mol. The van der Waals surface area contributed by atoms with Gasteiger partial charge in [0.25, 0.3) is 0 Å². The molecule has 1 unspecified atom stereocenters. The van der Waals surface area contributed by atoms with E-state index in [9.17, 15) is 0 Å². The highest BCUT2D eigenvalue weighted by molar-refractivity contribution is 5.27. The van der Waals surface area contributed by atoms with Gasteiger partial charge in [0.15, 0.2) is 0 Å². The number of benzene rings is 1. The number of nitrogens with one attached hydrogen (secondary N) is 1. The van der Waals surface area contributed by atoms with Crippen LogP contribution in [0.25, 0.3) is 0 Å². The number of rotatable bonds is 4. The summed E-state index contributed by atoms with van der Waals surface area (Å²) in [5.41, 5.74) is 2.71. The number of methoxy groups -OCH3 is 1. The fourth-order valence-electron chi connectivity index (χ4n) is 2.45. The molecule has 2 nitrogen and oxygen atoms in total. The fourth-order valence-corrected chi connectivity index (χ4v) is 2.45. The standard InChI is InChI=1S/C15H23NO/c1-15(2,17-3)11-12-6-4-7-13(10-12)14-8-5-9-16-14/h4,6-7,10,14,16H,5,8-9,11H2,1-3H3. The maximum atomic E-state index is 5.49. The van der Waals surface area contributed by atoms with E-state index in [2.05, 4.69) is 43.4 Å². The van der Waals surface area contributed by atoms with E-state index < -0.39 is 0 Å². The van der Waals surface area contributed by atoms with Crippen molar-refractivity contribution >= 4 is 0 Å². The van der Waals surface area contributed by atoms with E-state index in [0.29, 0.717) is 6.04 Å². The molecule has 1 saturated heterocycles. The molecule has 1 aliphatic rings. The van der Waals surface area contributed by atoms with E-state index in [1.165, 1.54) is 24.0 Å². The van der Waals surface area contributed by atoms with E-state index in [0.717, 1.165) is 13.0 Å². The molecule has 0 aliphatic carbocycles. The summed E-state index contributed by atoms with van der Waals surface area (Å²) in [6.07, 6.45) is 3.51. The molecule has 0 radical (unpaired) electrons. The lowest BCUT2D eigenvalue weighted by molar-refractivity contribution is 0.0232. The second kappa shape index (κ2) is 5.19. The first-order chi connectivity index (χ1) is 8.11. The second-order valence-electron chi connectivity index (χ2n) is 5.53. The largest absolute Gasteiger partial charge is 0.378 e. The zero-order valence-electron chi connectivity index (χ0n) is 11.1. The van der Waals surface area contributed by atoms with Crippen LogP contribution in [0.3, 0.4) is 0 Å². The molecule has 17 heavy (non-hydrogen) atoms. The molecule has 1 fully saturated rings. The molecule has 1 aromatic rings. The van der Waals surface area contributed by atoms with Gasteiger partial charge >= 0.3 is 0 Å². The third-order valence-corrected chi connectivity index (χ3v) is 3.60. The number of ether oxygens (including phenoxy) is 1. The maximum Gasteiger partial charge on any atom is 0.0662 e. The van der Waals surface area contributed by atoms with Crippen molar-refractivity contribution in [1.29, 1.82) is 0 Å². The molecule has 2 rings (SSSR count). The van der Waals surface area contributed by atoms with Crippen molar-refractivity contribution in [3.8, 4) is 0 Å². The Morgan fingerprint density at radius 2 is 2.24 bits per heavy atom. The average Bonchev–Trinajstić information content (AvgIpc) is 2.82. The first kappa shape index (κ1) is 12.6. The molecule has 0 bridgehead atoms. The van der Waals surface area contributed by atoms with Crippen LogP contribution in [-0.2, 0) is 11.2 Å². The second-order valence-corrected chi connectivity index (χ2v) is 5.53. The summed E-state index contributed by atoms with van der Waals surface area (Å²) in [6.45, 7) is 5.42. The van der Waals surface area contributed by atoms with Gasteiger partial charge in [-0.2, -0.15) is 0 Å². The molecule has 0 spiro atoms. The summed E-state index contributed by atoms with van der Waals surface area (Å²) in [4.78, 5) is 0. The van der Waals surface area contributed by atoms with Crippen molar-refractivity contribution in [3.63, 3.8) is 0 Å². The van der Waals surface area contributed by atoms with Crippen LogP contribution in [0.1, 0.15) is 43.9 Å². The summed E-state index contributed by atoms with van der Waals surface area (Å²) in [6, 6.07) is 9.46. The Morgan fingerprint density at radius 1 is 1.41 bits per heavy atom. The Bertz CT molecular complexity index is 367. The third-order valence-electron chi connectivity index (χ3n) is 3.60. The van der Waals surface area contributed by atoms with E-state index >= 15 is 0 Å². The van der Waals surface area contributed by atoms with E-state index in [1.54, 1.807) is 7.11 Å². The molecule has 2 heteroatoms. The van der Waals surface area contributed by atoms with Gasteiger partial charge in [-0.25, -0.2) is 0 Å². The molecule has 1 heterocycles. The lowest BCUT2D eigenvalue weighted by atomic mass is 9.95. The van der Waals surface area contributed by atoms with Crippen LogP contribution in [0, 0.1) is 0 Å². The van der Waals surface area contributed by atoms with Crippen LogP contribution in [0.5, 0.6) is 0 Å². The van der Waals surface area contributed by atoms with E-state index in [-0.39, 0.29) is 5.60 Å². The zero-order chi connectivity index (χ0) is 12.3. The SMILES string of the molecule is COC(C)(C)Cc1cccc(C2CCCN2)c1. The Kier molecular flexibility index (Phi) is 3.85. The number of hydrogen-bond donors (Lipinski definition) is 1. The predicted octanol–water partition coefficient (Wildman–Crippen LogP) is 3.08. The highest BCUT2D eigenvalue weighted by Gasteiger charge is 2.19. The van der Waals surface area contributed by atoms with Crippen LogP contribution in [0.2, 0.25) is 0 Å². The molecule has 1 aromatic carbocycles. The molecule has 1 atom stereocenters. The van der Waals surface area contributed by atoms with Gasteiger partial charge in [0.05, 0.1) is 5.60 Å². The quantitative estimate of drug-likeness (QED) is 0.863. The van der Waals surface area contributed by atoms with Crippen LogP contribution in [0.15, 0.2) is 24.3 Å². The highest BCUT2D eigenvalue weighted by atomic mass is 16.5. The highest BCUT2D eigenvalue weighted by Crippen LogP contribution is 2.25. The summed E-state index contributed by atoms with van der Waals surface area (Å²) in [5.74, 6) is 0. The van der Waals surface area contributed by atoms with E-state index in [4.69, 9.17) is 4.74 Å². The summed E-state index contributed by atoms with van der Waals surface area (Å²) < 4.78 is 5.49. The van der Waals surface area contributed by atoms with Crippen molar-refractivity contribution in [3.05, 3.63) is 35.4 Å². The van der Waals surface area contributed by atoms with Crippen molar-refractivity contribution in [2.24, 2.45) is 0 Å². The lowest BCUT2D eigenvalue weighted by Gasteiger charge is -2.23. The summed E-state index contributed by atoms with van der Waals surface area (Å²) >= 11 is 0. The fraction of sp³-hybridized carbons (Fsp3) is 0.600. The van der Waals surface area contributed by atoms with Gasteiger partial charge < -0.3 is 10.1 Å². The Balaban J connectivity index is 2.11. The number of hydrogen-bond acceptors (Lipinski definition) is 2. The topological polar surface area (TPSA) is 21.3 Å². The van der Waals surface area contributed by atoms with Gasteiger partial charge in [-0.3, -0.25) is 0 Å². The van der Waals surface area contributed by atoms with Gasteiger partial charge in [0.2, 0.25) is 0 Å². The van der Waals surface area contributed by atoms with Gasteiger partial charge in [-0.05, 0) is 44.4 Å². The van der Waals surface area contributed by atoms with Crippen LogP contribution < -0.4 is 5.32 Å². The average molecular weight is 233 g/mol. The van der Waals surface area contributed by atoms with Crippen molar-refractivity contribution < 1.29 is 4.74 Å². The first-order valence-corrected chi connectivity index (χ1v) is 6.48. The molecule has 1 aliphatic heterocycles. The summed E-state index contributed by atoms with van der Waals surface area (Å²) in [5, 5.41) is 3.55. The van der Waals surface area contributed by atoms with Crippen LogP contribution in [0.4, 0.5) is 0 Å². The Hall–Kier alpha value is -0.860. The third kappa shape index (κ3) is 3.30. The normalized spacial score (nSPS) is 20.8. The Morgan fingerprint density at radius 3 is 2.88 bits per heavy atom. The minimum absolute atomic E-state index is 0.0816. The minimum Gasteiger partial charge on any atom is -0.378 e. The molecular weight excluding hydrogens is 210 g/mol. The predicted molar refractivity (Wildman–Crippen MR) is 71.2 cm³/mol. The van der Waals surface area contributed by atoms with Crippen molar-refractivity contribution in [2.45, 2.75) is 44.8 Å². The van der Waals surface area contributed by atoms with Gasteiger partial charge in [-0.15, -0.1) is 0 Å². The molecule has 94 valence electrons. The zero-order valence-corrected chi connectivity index (χ0v) is 11.1. The first-order valence-electron chi connectivity index (χ1n) is 6.48.